The van der Waals surface area contributed by atoms with Crippen LogP contribution in [0.15, 0.2) is 24.3 Å². The lowest BCUT2D eigenvalue weighted by atomic mass is 9.78. The fourth-order valence-electron chi connectivity index (χ4n) is 3.38. The van der Waals surface area contributed by atoms with Crippen molar-refractivity contribution in [1.82, 2.24) is 10.6 Å². The molecule has 6 heteroatoms. The zero-order chi connectivity index (χ0) is 19.2. The molecule has 2 amide bonds. The van der Waals surface area contributed by atoms with Gasteiger partial charge in [0.1, 0.15) is 5.60 Å². The van der Waals surface area contributed by atoms with Crippen LogP contribution in [0, 0.1) is 0 Å². The lowest BCUT2D eigenvalue weighted by molar-refractivity contribution is -0.126. The highest BCUT2D eigenvalue weighted by molar-refractivity contribution is 6.30. The van der Waals surface area contributed by atoms with Gasteiger partial charge in [-0.25, -0.2) is 4.79 Å². The van der Waals surface area contributed by atoms with E-state index >= 15 is 0 Å². The smallest absolute Gasteiger partial charge is 0.407 e. The van der Waals surface area contributed by atoms with Crippen molar-refractivity contribution < 1.29 is 14.3 Å². The van der Waals surface area contributed by atoms with Gasteiger partial charge in [-0.1, -0.05) is 36.6 Å². The maximum Gasteiger partial charge on any atom is 0.407 e. The molecule has 2 rings (SSSR count). The van der Waals surface area contributed by atoms with Crippen LogP contribution in [0.1, 0.15) is 58.4 Å². The van der Waals surface area contributed by atoms with Gasteiger partial charge in [0.2, 0.25) is 5.91 Å². The highest BCUT2D eigenvalue weighted by Gasteiger charge is 2.42. The number of alkyl carbamates (subject to hydrolysis) is 1. The lowest BCUT2D eigenvalue weighted by Crippen LogP contribution is -2.43. The van der Waals surface area contributed by atoms with Crippen molar-refractivity contribution in [3.8, 4) is 0 Å². The minimum Gasteiger partial charge on any atom is -0.444 e. The fourth-order valence-corrected chi connectivity index (χ4v) is 3.57. The average molecular weight is 381 g/mol. The van der Waals surface area contributed by atoms with Crippen LogP contribution in [0.3, 0.4) is 0 Å². The number of hydrogen-bond donors (Lipinski definition) is 2. The predicted molar refractivity (Wildman–Crippen MR) is 103 cm³/mol. The first kappa shape index (κ1) is 20.6. The molecule has 26 heavy (non-hydrogen) atoms. The summed E-state index contributed by atoms with van der Waals surface area (Å²) in [6.45, 7) is 6.44. The van der Waals surface area contributed by atoms with Crippen LogP contribution in [0.25, 0.3) is 0 Å². The highest BCUT2D eigenvalue weighted by atomic mass is 35.5. The molecule has 1 aliphatic rings. The van der Waals surface area contributed by atoms with E-state index in [1.807, 2.05) is 45.0 Å². The van der Waals surface area contributed by atoms with Crippen molar-refractivity contribution in [3.63, 3.8) is 0 Å². The summed E-state index contributed by atoms with van der Waals surface area (Å²) in [5.74, 6) is 0.0505. The Kier molecular flexibility index (Phi) is 6.93. The van der Waals surface area contributed by atoms with Gasteiger partial charge in [0, 0.05) is 18.1 Å². The summed E-state index contributed by atoms with van der Waals surface area (Å²) in [6.07, 6.45) is 3.98. The van der Waals surface area contributed by atoms with Gasteiger partial charge in [-0.3, -0.25) is 4.79 Å². The van der Waals surface area contributed by atoms with Gasteiger partial charge in [0.15, 0.2) is 0 Å². The Labute approximate surface area is 160 Å². The third-order valence-electron chi connectivity index (χ3n) is 4.58. The Bertz CT molecular complexity index is 634. The normalized spacial score (nSPS) is 16.2. The van der Waals surface area contributed by atoms with E-state index in [-0.39, 0.29) is 5.91 Å². The Morgan fingerprint density at radius 3 is 2.42 bits per heavy atom. The van der Waals surface area contributed by atoms with Gasteiger partial charge in [-0.15, -0.1) is 0 Å². The van der Waals surface area contributed by atoms with E-state index in [2.05, 4.69) is 10.6 Å². The van der Waals surface area contributed by atoms with Gasteiger partial charge in [-0.05, 0) is 57.7 Å². The molecule has 0 aliphatic heterocycles. The third-order valence-corrected chi connectivity index (χ3v) is 4.81. The number of amides is 2. The lowest BCUT2D eigenvalue weighted by Gasteiger charge is -2.28. The van der Waals surface area contributed by atoms with Crippen LogP contribution in [0.5, 0.6) is 0 Å². The van der Waals surface area contributed by atoms with Crippen molar-refractivity contribution in [2.45, 2.75) is 63.9 Å². The second-order valence-electron chi connectivity index (χ2n) is 7.84. The number of hydrogen-bond acceptors (Lipinski definition) is 3. The van der Waals surface area contributed by atoms with E-state index in [0.717, 1.165) is 31.2 Å². The van der Waals surface area contributed by atoms with E-state index in [4.69, 9.17) is 16.3 Å². The molecule has 1 aliphatic carbocycles. The van der Waals surface area contributed by atoms with Crippen LogP contribution in [0.2, 0.25) is 5.02 Å². The molecule has 144 valence electrons. The van der Waals surface area contributed by atoms with Crippen LogP contribution >= 0.6 is 11.6 Å². The molecule has 0 bridgehead atoms. The SMILES string of the molecule is CC(C)(C)OC(=O)NCCCNC(=O)C1(c2cccc(Cl)c2)CCCC1. The monoisotopic (exact) mass is 380 g/mol. The topological polar surface area (TPSA) is 67.4 Å². The molecule has 2 N–H and O–H groups in total. The Morgan fingerprint density at radius 2 is 1.81 bits per heavy atom. The second-order valence-corrected chi connectivity index (χ2v) is 8.27. The fraction of sp³-hybridized carbons (Fsp3) is 0.600. The Hall–Kier alpha value is -1.75. The number of halogens is 1. The molecule has 0 saturated heterocycles. The summed E-state index contributed by atoms with van der Waals surface area (Å²) in [5, 5.41) is 6.39. The number of benzene rings is 1. The van der Waals surface area contributed by atoms with Gasteiger partial charge in [0.05, 0.1) is 5.41 Å². The minimum absolute atomic E-state index is 0.0505. The molecule has 1 aromatic rings. The minimum atomic E-state index is -0.510. The van der Waals surface area contributed by atoms with Crippen molar-refractivity contribution in [1.29, 1.82) is 0 Å². The number of carbonyl (C=O) groups excluding carboxylic acids is 2. The van der Waals surface area contributed by atoms with Gasteiger partial charge in [0.25, 0.3) is 0 Å². The summed E-state index contributed by atoms with van der Waals surface area (Å²) in [6, 6.07) is 7.61. The van der Waals surface area contributed by atoms with Crippen LogP contribution in [-0.4, -0.2) is 30.7 Å². The van der Waals surface area contributed by atoms with Crippen molar-refractivity contribution >= 4 is 23.6 Å². The highest BCUT2D eigenvalue weighted by Crippen LogP contribution is 2.42. The summed E-state index contributed by atoms with van der Waals surface area (Å²) < 4.78 is 5.18. The molecule has 5 nitrogen and oxygen atoms in total. The van der Waals surface area contributed by atoms with Crippen LogP contribution in [0.4, 0.5) is 4.79 Å². The van der Waals surface area contributed by atoms with Crippen molar-refractivity contribution in [2.75, 3.05) is 13.1 Å². The summed E-state index contributed by atoms with van der Waals surface area (Å²) in [7, 11) is 0. The van der Waals surface area contributed by atoms with E-state index in [9.17, 15) is 9.59 Å². The molecule has 0 unspecified atom stereocenters. The first-order valence-corrected chi connectivity index (χ1v) is 9.62. The molecule has 1 fully saturated rings. The predicted octanol–water partition coefficient (Wildman–Crippen LogP) is 4.18. The molecule has 1 aromatic carbocycles. The standard InChI is InChI=1S/C20H29ClN2O3/c1-19(2,3)26-18(25)23-13-7-12-22-17(24)20(10-4-5-11-20)15-8-6-9-16(21)14-15/h6,8-9,14H,4-5,7,10-13H2,1-3H3,(H,22,24)(H,23,25). The van der Waals surface area contributed by atoms with Crippen LogP contribution in [-0.2, 0) is 14.9 Å². The van der Waals surface area contributed by atoms with E-state index in [1.165, 1.54) is 0 Å². The Morgan fingerprint density at radius 1 is 1.15 bits per heavy atom. The first-order chi connectivity index (χ1) is 12.2. The van der Waals surface area contributed by atoms with Crippen molar-refractivity contribution in [3.05, 3.63) is 34.9 Å². The second kappa shape index (κ2) is 8.76. The van der Waals surface area contributed by atoms with Crippen LogP contribution < -0.4 is 10.6 Å². The number of rotatable bonds is 6. The molecular weight excluding hydrogens is 352 g/mol. The molecule has 1 saturated carbocycles. The first-order valence-electron chi connectivity index (χ1n) is 9.24. The summed E-state index contributed by atoms with van der Waals surface area (Å²) in [5.41, 5.74) is 0.0000264. The zero-order valence-corrected chi connectivity index (χ0v) is 16.6. The maximum absolute atomic E-state index is 12.9. The van der Waals surface area contributed by atoms with E-state index in [1.54, 1.807) is 0 Å². The Balaban J connectivity index is 1.83. The van der Waals surface area contributed by atoms with Crippen molar-refractivity contribution in [2.24, 2.45) is 0 Å². The summed E-state index contributed by atoms with van der Waals surface area (Å²) >= 11 is 6.13. The molecular formula is C20H29ClN2O3. The number of nitrogens with one attached hydrogen (secondary N) is 2. The third kappa shape index (κ3) is 5.63. The van der Waals surface area contributed by atoms with Gasteiger partial charge in [-0.2, -0.15) is 0 Å². The average Bonchev–Trinajstić information content (AvgIpc) is 3.03. The molecule has 0 heterocycles. The largest absolute Gasteiger partial charge is 0.444 e. The van der Waals surface area contributed by atoms with E-state index in [0.29, 0.717) is 24.5 Å². The van der Waals surface area contributed by atoms with Gasteiger partial charge < -0.3 is 15.4 Å². The quantitative estimate of drug-likeness (QED) is 0.727. The molecule has 0 atom stereocenters. The molecule has 0 aromatic heterocycles. The maximum atomic E-state index is 12.9. The number of ether oxygens (including phenoxy) is 1. The molecule has 0 spiro atoms. The van der Waals surface area contributed by atoms with E-state index < -0.39 is 17.1 Å². The van der Waals surface area contributed by atoms with Gasteiger partial charge >= 0.3 is 6.09 Å². The molecule has 0 radical (unpaired) electrons. The number of carbonyl (C=O) groups is 2. The summed E-state index contributed by atoms with van der Waals surface area (Å²) in [4.78, 5) is 24.5. The zero-order valence-electron chi connectivity index (χ0n) is 15.9.